The van der Waals surface area contributed by atoms with Crippen LogP contribution in [0.2, 0.25) is 0 Å². The number of nitrogens with zero attached hydrogens (tertiary/aromatic N) is 2. The number of likely N-dealkylation sites (tertiary alicyclic amines) is 1. The van der Waals surface area contributed by atoms with Crippen LogP contribution in [0.4, 0.5) is 0 Å². The number of hydrogen-bond donors (Lipinski definition) is 1. The number of rotatable bonds is 5. The van der Waals surface area contributed by atoms with E-state index < -0.39 is 0 Å². The van der Waals surface area contributed by atoms with Gasteiger partial charge in [-0.1, -0.05) is 12.1 Å². The number of nitrogens with one attached hydrogen (secondary N) is 1. The molecule has 4 nitrogen and oxygen atoms in total. The molecule has 1 aromatic carbocycles. The Morgan fingerprint density at radius 1 is 1.17 bits per heavy atom. The van der Waals surface area contributed by atoms with Crippen LogP contribution in [0.1, 0.15) is 53.9 Å². The molecule has 2 unspecified atom stereocenters. The van der Waals surface area contributed by atoms with Crippen LogP contribution in [0.15, 0.2) is 24.3 Å². The average Bonchev–Trinajstić information content (AvgIpc) is 3.54. The van der Waals surface area contributed by atoms with E-state index in [1.54, 1.807) is 0 Å². The van der Waals surface area contributed by atoms with Crippen LogP contribution < -0.4 is 5.32 Å². The lowest BCUT2D eigenvalue weighted by Gasteiger charge is -2.29. The van der Waals surface area contributed by atoms with Gasteiger partial charge < -0.3 is 10.2 Å². The molecule has 1 saturated heterocycles. The Bertz CT molecular complexity index is 636. The first-order valence-electron chi connectivity index (χ1n) is 9.27. The van der Waals surface area contributed by atoms with Crippen molar-refractivity contribution in [2.75, 3.05) is 19.6 Å². The Labute approximate surface area is 143 Å². The van der Waals surface area contributed by atoms with Crippen molar-refractivity contribution in [2.45, 2.75) is 44.1 Å². The fourth-order valence-corrected chi connectivity index (χ4v) is 3.70. The number of carbonyl (C=O) groups is 1. The number of hydrogen-bond acceptors (Lipinski definition) is 3. The van der Waals surface area contributed by atoms with Crippen LogP contribution in [-0.4, -0.2) is 36.5 Å². The largest absolute Gasteiger partial charge is 0.339 e. The third-order valence-corrected chi connectivity index (χ3v) is 5.71. The van der Waals surface area contributed by atoms with Gasteiger partial charge in [0.05, 0.1) is 6.07 Å². The fourth-order valence-electron chi connectivity index (χ4n) is 3.70. The van der Waals surface area contributed by atoms with Crippen molar-refractivity contribution in [3.63, 3.8) is 0 Å². The SMILES string of the molecule is N#CC1CCN(C(=O)c2ccc(C3CC3NCC3CC3)cc2)CC1. The van der Waals surface area contributed by atoms with Gasteiger partial charge in [0.15, 0.2) is 0 Å². The zero-order chi connectivity index (χ0) is 16.5. The van der Waals surface area contributed by atoms with Crippen LogP contribution in [-0.2, 0) is 0 Å². The molecule has 1 N–H and O–H groups in total. The standard InChI is InChI=1S/C20H25N3O/c21-12-14-7-9-23(10-8-14)20(24)17-5-3-16(4-6-17)18-11-19(18)22-13-15-1-2-15/h3-6,14-15,18-19,22H,1-2,7-11,13H2. The molecule has 1 heterocycles. The summed E-state index contributed by atoms with van der Waals surface area (Å²) in [5.41, 5.74) is 2.13. The minimum atomic E-state index is 0.108. The van der Waals surface area contributed by atoms with E-state index >= 15 is 0 Å². The van der Waals surface area contributed by atoms with Crippen molar-refractivity contribution in [1.29, 1.82) is 5.26 Å². The maximum absolute atomic E-state index is 12.6. The van der Waals surface area contributed by atoms with Crippen LogP contribution in [0.25, 0.3) is 0 Å². The van der Waals surface area contributed by atoms with E-state index in [0.717, 1.165) is 24.3 Å². The molecular weight excluding hydrogens is 298 g/mol. The molecule has 4 rings (SSSR count). The first kappa shape index (κ1) is 15.7. The Morgan fingerprint density at radius 2 is 1.88 bits per heavy atom. The van der Waals surface area contributed by atoms with Gasteiger partial charge in [0, 0.05) is 36.5 Å². The van der Waals surface area contributed by atoms with E-state index in [-0.39, 0.29) is 11.8 Å². The van der Waals surface area contributed by atoms with E-state index in [0.29, 0.717) is 25.0 Å². The second-order valence-corrected chi connectivity index (χ2v) is 7.62. The van der Waals surface area contributed by atoms with Crippen molar-refractivity contribution in [1.82, 2.24) is 10.2 Å². The minimum absolute atomic E-state index is 0.108. The lowest BCUT2D eigenvalue weighted by molar-refractivity contribution is 0.0707. The highest BCUT2D eigenvalue weighted by atomic mass is 16.2. The Hall–Kier alpha value is -1.86. The summed E-state index contributed by atoms with van der Waals surface area (Å²) in [6, 6.07) is 11.1. The number of benzene rings is 1. The van der Waals surface area contributed by atoms with Gasteiger partial charge in [0.2, 0.25) is 0 Å². The lowest BCUT2D eigenvalue weighted by atomic mass is 9.98. The maximum Gasteiger partial charge on any atom is 0.253 e. The Balaban J connectivity index is 1.31. The molecule has 0 spiro atoms. The highest BCUT2D eigenvalue weighted by Gasteiger charge is 2.39. The molecule has 0 bridgehead atoms. The molecule has 2 atom stereocenters. The molecule has 3 fully saturated rings. The van der Waals surface area contributed by atoms with Gasteiger partial charge >= 0.3 is 0 Å². The molecule has 3 aliphatic rings. The van der Waals surface area contributed by atoms with Gasteiger partial charge in [-0.3, -0.25) is 4.79 Å². The van der Waals surface area contributed by atoms with Crippen molar-refractivity contribution < 1.29 is 4.79 Å². The summed E-state index contributed by atoms with van der Waals surface area (Å²) in [7, 11) is 0. The van der Waals surface area contributed by atoms with Crippen molar-refractivity contribution in [2.24, 2.45) is 11.8 Å². The van der Waals surface area contributed by atoms with E-state index in [1.807, 2.05) is 17.0 Å². The van der Waals surface area contributed by atoms with Gasteiger partial charge in [0.25, 0.3) is 5.91 Å². The zero-order valence-corrected chi connectivity index (χ0v) is 14.1. The molecule has 2 aliphatic carbocycles. The molecule has 2 saturated carbocycles. The van der Waals surface area contributed by atoms with E-state index in [1.165, 1.54) is 31.4 Å². The third-order valence-electron chi connectivity index (χ3n) is 5.71. The summed E-state index contributed by atoms with van der Waals surface area (Å²) in [5, 5.41) is 12.6. The first-order valence-corrected chi connectivity index (χ1v) is 9.27. The van der Waals surface area contributed by atoms with E-state index in [2.05, 4.69) is 23.5 Å². The summed E-state index contributed by atoms with van der Waals surface area (Å²) >= 11 is 0. The number of carbonyl (C=O) groups excluding carboxylic acids is 1. The first-order chi connectivity index (χ1) is 11.7. The second kappa shape index (κ2) is 6.57. The van der Waals surface area contributed by atoms with Crippen LogP contribution in [0, 0.1) is 23.2 Å². The molecular formula is C20H25N3O. The summed E-state index contributed by atoms with van der Waals surface area (Å²) in [5.74, 6) is 1.78. The van der Waals surface area contributed by atoms with Crippen molar-refractivity contribution >= 4 is 5.91 Å². The molecule has 24 heavy (non-hydrogen) atoms. The lowest BCUT2D eigenvalue weighted by Crippen LogP contribution is -2.38. The zero-order valence-electron chi connectivity index (χ0n) is 14.1. The summed E-state index contributed by atoms with van der Waals surface area (Å²) in [6.45, 7) is 2.58. The summed E-state index contributed by atoms with van der Waals surface area (Å²) < 4.78 is 0. The third kappa shape index (κ3) is 3.47. The second-order valence-electron chi connectivity index (χ2n) is 7.62. The van der Waals surface area contributed by atoms with Crippen LogP contribution in [0.3, 0.4) is 0 Å². The van der Waals surface area contributed by atoms with E-state index in [9.17, 15) is 4.79 Å². The fraction of sp³-hybridized carbons (Fsp3) is 0.600. The normalized spacial score (nSPS) is 26.9. The number of amides is 1. The summed E-state index contributed by atoms with van der Waals surface area (Å²) in [6.07, 6.45) is 5.62. The highest BCUT2D eigenvalue weighted by molar-refractivity contribution is 5.94. The Morgan fingerprint density at radius 3 is 2.50 bits per heavy atom. The predicted molar refractivity (Wildman–Crippen MR) is 92.6 cm³/mol. The van der Waals surface area contributed by atoms with E-state index in [4.69, 9.17) is 5.26 Å². The number of piperidine rings is 1. The minimum Gasteiger partial charge on any atom is -0.339 e. The molecule has 1 aromatic rings. The topological polar surface area (TPSA) is 56.1 Å². The highest BCUT2D eigenvalue weighted by Crippen LogP contribution is 2.41. The van der Waals surface area contributed by atoms with Gasteiger partial charge in [-0.05, 0) is 62.3 Å². The molecule has 1 aliphatic heterocycles. The smallest absolute Gasteiger partial charge is 0.253 e. The molecule has 4 heteroatoms. The quantitative estimate of drug-likeness (QED) is 0.906. The predicted octanol–water partition coefficient (Wildman–Crippen LogP) is 2.92. The van der Waals surface area contributed by atoms with Gasteiger partial charge in [-0.25, -0.2) is 0 Å². The van der Waals surface area contributed by atoms with Crippen molar-refractivity contribution in [3.05, 3.63) is 35.4 Å². The Kier molecular flexibility index (Phi) is 4.28. The van der Waals surface area contributed by atoms with Gasteiger partial charge in [0.1, 0.15) is 0 Å². The van der Waals surface area contributed by atoms with Gasteiger partial charge in [-0.15, -0.1) is 0 Å². The van der Waals surface area contributed by atoms with Crippen molar-refractivity contribution in [3.8, 4) is 6.07 Å². The monoisotopic (exact) mass is 323 g/mol. The molecule has 0 aromatic heterocycles. The number of nitriles is 1. The van der Waals surface area contributed by atoms with Crippen LogP contribution >= 0.6 is 0 Å². The molecule has 0 radical (unpaired) electrons. The summed E-state index contributed by atoms with van der Waals surface area (Å²) in [4.78, 5) is 14.5. The van der Waals surface area contributed by atoms with Crippen LogP contribution in [0.5, 0.6) is 0 Å². The molecule has 126 valence electrons. The molecule has 1 amide bonds. The van der Waals surface area contributed by atoms with Gasteiger partial charge in [-0.2, -0.15) is 5.26 Å². The average molecular weight is 323 g/mol. The maximum atomic E-state index is 12.6.